The molecule has 1 aromatic rings. The highest BCUT2D eigenvalue weighted by Gasteiger charge is 2.05. The highest BCUT2D eigenvalue weighted by molar-refractivity contribution is 8.00. The largest absolute Gasteiger partial charge is 0.481 e. The molecular formula is C14H18ClNO3S. The molecule has 2 N–H and O–H groups in total. The minimum Gasteiger partial charge on any atom is -0.481 e. The van der Waals surface area contributed by atoms with E-state index in [-0.39, 0.29) is 12.3 Å². The van der Waals surface area contributed by atoms with Gasteiger partial charge in [0.1, 0.15) is 0 Å². The number of carbonyl (C=O) groups excluding carboxylic acids is 1. The molecule has 0 saturated heterocycles. The molecule has 0 heterocycles. The topological polar surface area (TPSA) is 66.4 Å². The molecule has 1 amide bonds. The molecule has 0 aliphatic rings. The van der Waals surface area contributed by atoms with E-state index in [2.05, 4.69) is 5.32 Å². The zero-order valence-electron chi connectivity index (χ0n) is 11.1. The van der Waals surface area contributed by atoms with Gasteiger partial charge in [0.2, 0.25) is 5.91 Å². The molecule has 0 unspecified atom stereocenters. The Kier molecular flexibility index (Phi) is 8.14. The number of amides is 1. The van der Waals surface area contributed by atoms with Crippen LogP contribution in [0.2, 0.25) is 5.02 Å². The van der Waals surface area contributed by atoms with E-state index < -0.39 is 5.97 Å². The Morgan fingerprint density at radius 1 is 1.20 bits per heavy atom. The monoisotopic (exact) mass is 315 g/mol. The zero-order valence-corrected chi connectivity index (χ0v) is 12.7. The molecule has 0 atom stereocenters. The van der Waals surface area contributed by atoms with Crippen molar-refractivity contribution in [3.05, 3.63) is 29.3 Å². The zero-order chi connectivity index (χ0) is 14.8. The fraction of sp³-hybridized carbons (Fsp3) is 0.429. The number of carboxylic acids is 1. The minimum atomic E-state index is -0.773. The van der Waals surface area contributed by atoms with Gasteiger partial charge in [0.25, 0.3) is 0 Å². The Morgan fingerprint density at radius 2 is 1.95 bits per heavy atom. The summed E-state index contributed by atoms with van der Waals surface area (Å²) in [6.07, 6.45) is 2.45. The van der Waals surface area contributed by atoms with Gasteiger partial charge in [-0.1, -0.05) is 30.2 Å². The molecule has 0 bridgehead atoms. The van der Waals surface area contributed by atoms with Gasteiger partial charge in [0, 0.05) is 17.9 Å². The maximum atomic E-state index is 11.6. The first kappa shape index (κ1) is 16.9. The lowest BCUT2D eigenvalue weighted by Gasteiger charge is -2.06. The van der Waals surface area contributed by atoms with Crippen LogP contribution < -0.4 is 5.32 Å². The van der Waals surface area contributed by atoms with E-state index in [4.69, 9.17) is 16.7 Å². The summed E-state index contributed by atoms with van der Waals surface area (Å²) in [6.45, 7) is 0.585. The molecule has 0 fully saturated rings. The van der Waals surface area contributed by atoms with Crippen molar-refractivity contribution >= 4 is 35.2 Å². The number of carbonyl (C=O) groups is 2. The number of unbranched alkanes of at least 4 members (excludes halogenated alkanes) is 2. The van der Waals surface area contributed by atoms with E-state index >= 15 is 0 Å². The highest BCUT2D eigenvalue weighted by Crippen LogP contribution is 2.26. The average Bonchev–Trinajstić information content (AvgIpc) is 2.41. The lowest BCUT2D eigenvalue weighted by Crippen LogP contribution is -2.26. The van der Waals surface area contributed by atoms with Gasteiger partial charge in [-0.15, -0.1) is 11.8 Å². The summed E-state index contributed by atoms with van der Waals surface area (Å²) in [5, 5.41) is 11.9. The Morgan fingerprint density at radius 3 is 2.65 bits per heavy atom. The number of hydrogen-bond acceptors (Lipinski definition) is 3. The van der Waals surface area contributed by atoms with E-state index in [1.807, 2.05) is 18.2 Å². The van der Waals surface area contributed by atoms with Gasteiger partial charge in [-0.2, -0.15) is 0 Å². The third kappa shape index (κ3) is 7.40. The summed E-state index contributed by atoms with van der Waals surface area (Å²) in [4.78, 5) is 22.8. The van der Waals surface area contributed by atoms with Crippen molar-refractivity contribution < 1.29 is 14.7 Å². The molecular weight excluding hydrogens is 298 g/mol. The SMILES string of the molecule is O=C(O)CCCCCNC(=O)CSc1ccccc1Cl. The lowest BCUT2D eigenvalue weighted by atomic mass is 10.2. The normalized spacial score (nSPS) is 10.2. The predicted molar refractivity (Wildman–Crippen MR) is 81.3 cm³/mol. The van der Waals surface area contributed by atoms with Crippen LogP contribution in [-0.2, 0) is 9.59 Å². The number of nitrogens with one attached hydrogen (secondary N) is 1. The maximum Gasteiger partial charge on any atom is 0.303 e. The first-order chi connectivity index (χ1) is 9.59. The van der Waals surface area contributed by atoms with Crippen LogP contribution in [0.1, 0.15) is 25.7 Å². The lowest BCUT2D eigenvalue weighted by molar-refractivity contribution is -0.137. The smallest absolute Gasteiger partial charge is 0.303 e. The highest BCUT2D eigenvalue weighted by atomic mass is 35.5. The van der Waals surface area contributed by atoms with Crippen LogP contribution in [0, 0.1) is 0 Å². The molecule has 0 spiro atoms. The van der Waals surface area contributed by atoms with E-state index in [1.165, 1.54) is 11.8 Å². The van der Waals surface area contributed by atoms with Crippen LogP contribution in [-0.4, -0.2) is 29.3 Å². The maximum absolute atomic E-state index is 11.6. The van der Waals surface area contributed by atoms with Gasteiger partial charge < -0.3 is 10.4 Å². The average molecular weight is 316 g/mol. The van der Waals surface area contributed by atoms with Gasteiger partial charge in [-0.05, 0) is 25.0 Å². The van der Waals surface area contributed by atoms with E-state index in [0.29, 0.717) is 23.7 Å². The molecule has 1 rings (SSSR count). The van der Waals surface area contributed by atoms with Crippen molar-refractivity contribution in [3.8, 4) is 0 Å². The van der Waals surface area contributed by atoms with Crippen LogP contribution in [0.3, 0.4) is 0 Å². The fourth-order valence-electron chi connectivity index (χ4n) is 1.56. The van der Waals surface area contributed by atoms with Crippen molar-refractivity contribution in [1.82, 2.24) is 5.32 Å². The standard InChI is InChI=1S/C14H18ClNO3S/c15-11-6-3-4-7-12(11)20-10-13(17)16-9-5-1-2-8-14(18)19/h3-4,6-7H,1-2,5,8-10H2,(H,16,17)(H,18,19). The Hall–Kier alpha value is -1.20. The minimum absolute atomic E-state index is 0.0341. The van der Waals surface area contributed by atoms with Crippen molar-refractivity contribution in [2.24, 2.45) is 0 Å². The third-order valence-electron chi connectivity index (χ3n) is 2.59. The second kappa shape index (κ2) is 9.66. The van der Waals surface area contributed by atoms with Crippen molar-refractivity contribution in [2.75, 3.05) is 12.3 Å². The Labute approximate surface area is 127 Å². The van der Waals surface area contributed by atoms with E-state index in [0.717, 1.165) is 17.7 Å². The van der Waals surface area contributed by atoms with Gasteiger partial charge >= 0.3 is 5.97 Å². The van der Waals surface area contributed by atoms with Gasteiger partial charge in [-0.25, -0.2) is 0 Å². The molecule has 4 nitrogen and oxygen atoms in total. The summed E-state index contributed by atoms with van der Waals surface area (Å²) < 4.78 is 0. The van der Waals surface area contributed by atoms with Crippen LogP contribution >= 0.6 is 23.4 Å². The number of benzene rings is 1. The molecule has 0 aromatic heterocycles. The number of rotatable bonds is 9. The van der Waals surface area contributed by atoms with Crippen molar-refractivity contribution in [1.29, 1.82) is 0 Å². The number of carboxylic acid groups (broad SMARTS) is 1. The molecule has 0 saturated carbocycles. The molecule has 1 aromatic carbocycles. The van der Waals surface area contributed by atoms with Gasteiger partial charge in [0.05, 0.1) is 10.8 Å². The number of halogens is 1. The molecule has 0 aliphatic heterocycles. The first-order valence-corrected chi connectivity index (χ1v) is 7.82. The first-order valence-electron chi connectivity index (χ1n) is 6.45. The molecule has 6 heteroatoms. The number of thioether (sulfide) groups is 1. The molecule has 0 radical (unpaired) electrons. The summed E-state index contributed by atoms with van der Waals surface area (Å²) in [7, 11) is 0. The number of aliphatic carboxylic acids is 1. The van der Waals surface area contributed by atoms with Gasteiger partial charge in [0.15, 0.2) is 0 Å². The molecule has 20 heavy (non-hydrogen) atoms. The molecule has 110 valence electrons. The van der Waals surface area contributed by atoms with Crippen molar-refractivity contribution in [3.63, 3.8) is 0 Å². The predicted octanol–water partition coefficient (Wildman–Crippen LogP) is 3.19. The van der Waals surface area contributed by atoms with E-state index in [1.54, 1.807) is 6.07 Å². The fourth-order valence-corrected chi connectivity index (χ4v) is 2.63. The summed E-state index contributed by atoms with van der Waals surface area (Å²) in [6, 6.07) is 7.41. The number of hydrogen-bond donors (Lipinski definition) is 2. The van der Waals surface area contributed by atoms with Crippen molar-refractivity contribution in [2.45, 2.75) is 30.6 Å². The third-order valence-corrected chi connectivity index (χ3v) is 4.10. The second-order valence-electron chi connectivity index (χ2n) is 4.27. The summed E-state index contributed by atoms with van der Waals surface area (Å²) in [5.74, 6) is -0.475. The quantitative estimate of drug-likeness (QED) is 0.542. The van der Waals surface area contributed by atoms with Crippen LogP contribution in [0.25, 0.3) is 0 Å². The second-order valence-corrected chi connectivity index (χ2v) is 5.70. The summed E-state index contributed by atoms with van der Waals surface area (Å²) in [5.41, 5.74) is 0. The van der Waals surface area contributed by atoms with Gasteiger partial charge in [-0.3, -0.25) is 9.59 Å². The van der Waals surface area contributed by atoms with E-state index in [9.17, 15) is 9.59 Å². The summed E-state index contributed by atoms with van der Waals surface area (Å²) >= 11 is 7.40. The molecule has 0 aliphatic carbocycles. The van der Waals surface area contributed by atoms with Crippen LogP contribution in [0.15, 0.2) is 29.2 Å². The Balaban J connectivity index is 2.09. The Bertz CT molecular complexity index is 454. The van der Waals surface area contributed by atoms with Crippen LogP contribution in [0.4, 0.5) is 0 Å². The van der Waals surface area contributed by atoms with Crippen LogP contribution in [0.5, 0.6) is 0 Å².